The zero-order valence-corrected chi connectivity index (χ0v) is 18.5. The van der Waals surface area contributed by atoms with Crippen LogP contribution in [0, 0.1) is 22.9 Å². The van der Waals surface area contributed by atoms with Crippen LogP contribution in [0.4, 0.5) is 10.1 Å². The Bertz CT molecular complexity index is 1190. The number of pyridine rings is 2. The Morgan fingerprint density at radius 1 is 1.18 bits per heavy atom. The quantitative estimate of drug-likeness (QED) is 0.369. The second-order valence-corrected chi connectivity index (χ2v) is 7.92. The number of nitrogens with zero attached hydrogens (tertiary/aromatic N) is 3. The lowest BCUT2D eigenvalue weighted by atomic mass is 9.98. The molecule has 0 atom stereocenters. The highest BCUT2D eigenvalue weighted by molar-refractivity contribution is 5.78. The fourth-order valence-corrected chi connectivity index (χ4v) is 3.67. The van der Waals surface area contributed by atoms with Gasteiger partial charge in [-0.15, -0.1) is 0 Å². The van der Waals surface area contributed by atoms with Crippen LogP contribution in [0.3, 0.4) is 0 Å². The summed E-state index contributed by atoms with van der Waals surface area (Å²) in [5.41, 5.74) is 5.32. The Hall–Kier alpha value is -3.49. The minimum Gasteiger partial charge on any atom is -0.348 e. The fourth-order valence-electron chi connectivity index (χ4n) is 3.67. The molecular weight excluding hydrogens is 425 g/mol. The summed E-state index contributed by atoms with van der Waals surface area (Å²) in [6.45, 7) is 5.24. The second kappa shape index (κ2) is 9.97. The lowest BCUT2D eigenvalue weighted by Crippen LogP contribution is -2.17. The number of allylic oxidation sites excluding steroid dienone is 1. The number of non-ortho nitro benzene ring substituents is 1. The van der Waals surface area contributed by atoms with Crippen LogP contribution in [0.5, 0.6) is 0 Å². The normalized spacial score (nSPS) is 14.9. The molecule has 1 fully saturated rings. The van der Waals surface area contributed by atoms with Crippen LogP contribution in [-0.2, 0) is 15.9 Å². The molecule has 33 heavy (non-hydrogen) atoms. The molecule has 0 spiro atoms. The largest absolute Gasteiger partial charge is 0.348 e. The van der Waals surface area contributed by atoms with Gasteiger partial charge < -0.3 is 9.47 Å². The van der Waals surface area contributed by atoms with Crippen molar-refractivity contribution in [3.05, 3.63) is 98.4 Å². The van der Waals surface area contributed by atoms with Gasteiger partial charge in [-0.3, -0.25) is 20.1 Å². The summed E-state index contributed by atoms with van der Waals surface area (Å²) in [4.78, 5) is 19.3. The summed E-state index contributed by atoms with van der Waals surface area (Å²) < 4.78 is 25.6. The number of aromatic nitrogens is 2. The topological polar surface area (TPSA) is 87.4 Å². The van der Waals surface area contributed by atoms with E-state index in [-0.39, 0.29) is 12.0 Å². The van der Waals surface area contributed by atoms with Crippen molar-refractivity contribution in [2.75, 3.05) is 13.2 Å². The van der Waals surface area contributed by atoms with E-state index in [9.17, 15) is 14.5 Å². The summed E-state index contributed by atoms with van der Waals surface area (Å²) in [5.74, 6) is -0.594. The summed E-state index contributed by atoms with van der Waals surface area (Å²) in [5, 5.41) is 10.8. The first-order chi connectivity index (χ1) is 15.9. The number of rotatable bonds is 6. The van der Waals surface area contributed by atoms with Crippen LogP contribution in [-0.4, -0.2) is 28.1 Å². The molecule has 1 aliphatic rings. The maximum Gasteiger partial charge on any atom is 0.272 e. The van der Waals surface area contributed by atoms with Crippen LogP contribution >= 0.6 is 0 Å². The number of hydrogen-bond donors (Lipinski definition) is 0. The Morgan fingerprint density at radius 3 is 2.64 bits per heavy atom. The molecule has 170 valence electrons. The molecule has 7 nitrogen and oxygen atoms in total. The number of nitro groups is 1. The number of halogens is 1. The van der Waals surface area contributed by atoms with Crippen molar-refractivity contribution >= 4 is 17.3 Å². The molecular formula is C25H24FN3O4. The van der Waals surface area contributed by atoms with Crippen molar-refractivity contribution in [1.29, 1.82) is 0 Å². The molecule has 3 aromatic rings. The van der Waals surface area contributed by atoms with Gasteiger partial charge in [-0.2, -0.15) is 0 Å². The average Bonchev–Trinajstić information content (AvgIpc) is 2.83. The number of hydrogen-bond acceptors (Lipinski definition) is 6. The van der Waals surface area contributed by atoms with Gasteiger partial charge in [-0.05, 0) is 66.8 Å². The van der Waals surface area contributed by atoms with Gasteiger partial charge in [-0.25, -0.2) is 4.39 Å². The highest BCUT2D eigenvalue weighted by Gasteiger charge is 2.17. The standard InChI is InChI=1S/C25H24FN3O4/c1-16(23-7-5-20(15-28-23)25-32-10-3-11-33-25)12-24-17(2)18(8-9-27-24)13-19-4-6-21(29(30)31)14-22(19)26/h4-9,12,14-15,25H,3,10-11,13H2,1-2H3/b16-12+. The molecule has 2 aromatic heterocycles. The second-order valence-electron chi connectivity index (χ2n) is 7.92. The van der Waals surface area contributed by atoms with Crippen molar-refractivity contribution in [3.63, 3.8) is 0 Å². The third kappa shape index (κ3) is 5.30. The maximum atomic E-state index is 14.4. The average molecular weight is 449 g/mol. The Labute approximate surface area is 191 Å². The first-order valence-corrected chi connectivity index (χ1v) is 10.7. The highest BCUT2D eigenvalue weighted by atomic mass is 19.1. The van der Waals surface area contributed by atoms with Crippen LogP contribution in [0.1, 0.15) is 53.3 Å². The minimum atomic E-state index is -0.605. The van der Waals surface area contributed by atoms with Crippen LogP contribution in [0.2, 0.25) is 0 Å². The van der Waals surface area contributed by atoms with Gasteiger partial charge >= 0.3 is 0 Å². The van der Waals surface area contributed by atoms with E-state index in [0.717, 1.165) is 46.1 Å². The first-order valence-electron chi connectivity index (χ1n) is 10.7. The minimum absolute atomic E-state index is 0.262. The van der Waals surface area contributed by atoms with E-state index in [1.807, 2.05) is 38.1 Å². The Balaban J connectivity index is 1.54. The van der Waals surface area contributed by atoms with E-state index in [2.05, 4.69) is 9.97 Å². The summed E-state index contributed by atoms with van der Waals surface area (Å²) in [6.07, 6.45) is 6.22. The highest BCUT2D eigenvalue weighted by Crippen LogP contribution is 2.26. The van der Waals surface area contributed by atoms with Crippen molar-refractivity contribution in [2.24, 2.45) is 0 Å². The van der Waals surface area contributed by atoms with Crippen molar-refractivity contribution < 1.29 is 18.8 Å². The molecule has 0 saturated carbocycles. The predicted molar refractivity (Wildman–Crippen MR) is 122 cm³/mol. The van der Waals surface area contributed by atoms with Crippen LogP contribution in [0.15, 0.2) is 48.8 Å². The van der Waals surface area contributed by atoms with Gasteiger partial charge in [0.15, 0.2) is 6.29 Å². The van der Waals surface area contributed by atoms with Gasteiger partial charge in [0.1, 0.15) is 5.82 Å². The predicted octanol–water partition coefficient (Wildman–Crippen LogP) is 5.42. The van der Waals surface area contributed by atoms with Crippen molar-refractivity contribution in [2.45, 2.75) is 33.0 Å². The van der Waals surface area contributed by atoms with E-state index >= 15 is 0 Å². The molecule has 0 bridgehead atoms. The van der Waals surface area contributed by atoms with Crippen molar-refractivity contribution in [3.8, 4) is 0 Å². The van der Waals surface area contributed by atoms with E-state index in [1.54, 1.807) is 12.4 Å². The summed E-state index contributed by atoms with van der Waals surface area (Å²) in [6, 6.07) is 9.44. The molecule has 1 aromatic carbocycles. The van der Waals surface area contributed by atoms with Gasteiger partial charge in [-0.1, -0.05) is 6.07 Å². The number of ether oxygens (including phenoxy) is 2. The Morgan fingerprint density at radius 2 is 1.97 bits per heavy atom. The molecule has 1 aliphatic heterocycles. The molecule has 4 rings (SSSR count). The molecule has 3 heterocycles. The lowest BCUT2D eigenvalue weighted by Gasteiger charge is -2.23. The van der Waals surface area contributed by atoms with Crippen LogP contribution in [0.25, 0.3) is 11.6 Å². The summed E-state index contributed by atoms with van der Waals surface area (Å²) in [7, 11) is 0. The van der Waals surface area contributed by atoms with E-state index in [4.69, 9.17) is 9.47 Å². The molecule has 0 amide bonds. The fraction of sp³-hybridized carbons (Fsp3) is 0.280. The third-order valence-electron chi connectivity index (χ3n) is 5.63. The van der Waals surface area contributed by atoms with E-state index in [1.165, 1.54) is 12.1 Å². The lowest BCUT2D eigenvalue weighted by molar-refractivity contribution is -0.385. The van der Waals surface area contributed by atoms with Gasteiger partial charge in [0.05, 0.1) is 35.6 Å². The molecule has 0 unspecified atom stereocenters. The Kier molecular flexibility index (Phi) is 6.86. The van der Waals surface area contributed by atoms with E-state index < -0.39 is 10.7 Å². The van der Waals surface area contributed by atoms with Crippen molar-refractivity contribution in [1.82, 2.24) is 9.97 Å². The van der Waals surface area contributed by atoms with Gasteiger partial charge in [0.25, 0.3) is 5.69 Å². The zero-order valence-electron chi connectivity index (χ0n) is 18.5. The maximum absolute atomic E-state index is 14.4. The molecule has 8 heteroatoms. The molecule has 0 N–H and O–H groups in total. The van der Waals surface area contributed by atoms with Gasteiger partial charge in [0.2, 0.25) is 0 Å². The van der Waals surface area contributed by atoms with Gasteiger partial charge in [0, 0.05) is 30.4 Å². The monoisotopic (exact) mass is 449 g/mol. The molecule has 1 saturated heterocycles. The third-order valence-corrected chi connectivity index (χ3v) is 5.63. The zero-order chi connectivity index (χ0) is 23.4. The SMILES string of the molecule is C/C(=C\c1nccc(Cc2ccc([N+](=O)[O-])cc2F)c1C)c1ccc(C2OCCCO2)cn1. The summed E-state index contributed by atoms with van der Waals surface area (Å²) >= 11 is 0. The first kappa shape index (κ1) is 22.7. The molecule has 0 radical (unpaired) electrons. The smallest absolute Gasteiger partial charge is 0.272 e. The molecule has 0 aliphatic carbocycles. The number of benzene rings is 1. The van der Waals surface area contributed by atoms with E-state index in [0.29, 0.717) is 25.2 Å². The van der Waals surface area contributed by atoms with Crippen LogP contribution < -0.4 is 0 Å². The number of nitro benzene ring substituents is 1.